The lowest BCUT2D eigenvalue weighted by Gasteiger charge is -2.26. The minimum absolute atomic E-state index is 0.368. The maximum absolute atomic E-state index is 9.71. The smallest absolute Gasteiger partial charge is 0.0831 e. The van der Waals surface area contributed by atoms with Crippen molar-refractivity contribution in [2.45, 2.75) is 49.9 Å². The monoisotopic (exact) mass is 203 g/mol. The van der Waals surface area contributed by atoms with E-state index >= 15 is 0 Å². The van der Waals surface area contributed by atoms with Crippen molar-refractivity contribution in [1.29, 1.82) is 0 Å². The topological polar surface area (TPSA) is 46.2 Å². The van der Waals surface area contributed by atoms with E-state index in [1.54, 1.807) is 0 Å². The quantitative estimate of drug-likeness (QED) is 0.732. The summed E-state index contributed by atoms with van der Waals surface area (Å²) in [6.07, 6.45) is 6.77. The molecule has 1 saturated carbocycles. The van der Waals surface area contributed by atoms with Crippen LogP contribution in [0.4, 0.5) is 0 Å². The van der Waals surface area contributed by atoms with Gasteiger partial charge in [0.05, 0.1) is 5.60 Å². The van der Waals surface area contributed by atoms with E-state index in [4.69, 9.17) is 5.73 Å². The van der Waals surface area contributed by atoms with Gasteiger partial charge in [-0.05, 0) is 19.8 Å². The van der Waals surface area contributed by atoms with Gasteiger partial charge in [-0.25, -0.2) is 0 Å². The van der Waals surface area contributed by atoms with Gasteiger partial charge in [-0.15, -0.1) is 0 Å². The van der Waals surface area contributed by atoms with Gasteiger partial charge < -0.3 is 10.8 Å². The molecule has 0 radical (unpaired) electrons. The van der Waals surface area contributed by atoms with Gasteiger partial charge in [-0.3, -0.25) is 0 Å². The molecule has 1 rings (SSSR count). The second-order valence-corrected chi connectivity index (χ2v) is 5.56. The average Bonchev–Trinajstić information content (AvgIpc) is 2.17. The molecule has 2 nitrogen and oxygen atoms in total. The molecule has 1 aliphatic carbocycles. The molecule has 1 atom stereocenters. The third-order valence-electron chi connectivity index (χ3n) is 2.62. The molecule has 3 N–H and O–H groups in total. The third-order valence-corrected chi connectivity index (χ3v) is 4.35. The zero-order valence-corrected chi connectivity index (χ0v) is 9.28. The zero-order chi connectivity index (χ0) is 9.73. The summed E-state index contributed by atoms with van der Waals surface area (Å²) < 4.78 is 0. The molecule has 1 aliphatic rings. The summed E-state index contributed by atoms with van der Waals surface area (Å²) in [4.78, 5) is 0. The normalized spacial score (nSPS) is 24.2. The van der Waals surface area contributed by atoms with Crippen molar-refractivity contribution in [3.8, 4) is 0 Å². The molecule has 0 aliphatic heterocycles. The van der Waals surface area contributed by atoms with Crippen molar-refractivity contribution >= 4 is 11.8 Å². The number of hydrogen-bond donors (Lipinski definition) is 2. The lowest BCUT2D eigenvalue weighted by molar-refractivity contribution is 0.0948. The molecule has 0 heterocycles. The number of hydrogen-bond acceptors (Lipinski definition) is 3. The second kappa shape index (κ2) is 5.23. The van der Waals surface area contributed by atoms with Crippen LogP contribution in [0.25, 0.3) is 0 Å². The molecule has 0 aromatic rings. The highest BCUT2D eigenvalue weighted by Gasteiger charge is 2.21. The van der Waals surface area contributed by atoms with Crippen LogP contribution in [0.15, 0.2) is 0 Å². The summed E-state index contributed by atoms with van der Waals surface area (Å²) in [7, 11) is 0. The van der Waals surface area contributed by atoms with E-state index in [1.165, 1.54) is 32.1 Å². The van der Waals surface area contributed by atoms with Crippen LogP contribution >= 0.6 is 11.8 Å². The Hall–Kier alpha value is 0.270. The Morgan fingerprint density at radius 1 is 1.38 bits per heavy atom. The summed E-state index contributed by atoms with van der Waals surface area (Å²) in [5.74, 6) is 0.786. The first-order valence-electron chi connectivity index (χ1n) is 5.18. The lowest BCUT2D eigenvalue weighted by Crippen LogP contribution is -2.37. The largest absolute Gasteiger partial charge is 0.388 e. The van der Waals surface area contributed by atoms with Gasteiger partial charge in [0.1, 0.15) is 0 Å². The van der Waals surface area contributed by atoms with E-state index in [2.05, 4.69) is 0 Å². The molecule has 0 aromatic carbocycles. The fraction of sp³-hybridized carbons (Fsp3) is 1.00. The standard InChI is InChI=1S/C10H21NOS/c1-10(12,7-11)8-13-9-5-3-2-4-6-9/h9,12H,2-8,11H2,1H3. The highest BCUT2D eigenvalue weighted by molar-refractivity contribution is 7.99. The Morgan fingerprint density at radius 3 is 2.54 bits per heavy atom. The molecular weight excluding hydrogens is 182 g/mol. The maximum atomic E-state index is 9.71. The SMILES string of the molecule is CC(O)(CN)CSC1CCCCC1. The maximum Gasteiger partial charge on any atom is 0.0831 e. The van der Waals surface area contributed by atoms with E-state index in [-0.39, 0.29) is 0 Å². The van der Waals surface area contributed by atoms with Gasteiger partial charge >= 0.3 is 0 Å². The summed E-state index contributed by atoms with van der Waals surface area (Å²) in [5, 5.41) is 10.5. The zero-order valence-electron chi connectivity index (χ0n) is 8.46. The van der Waals surface area contributed by atoms with Gasteiger partial charge in [-0.2, -0.15) is 11.8 Å². The number of aliphatic hydroxyl groups is 1. The minimum atomic E-state index is -0.665. The average molecular weight is 203 g/mol. The van der Waals surface area contributed by atoms with Crippen molar-refractivity contribution in [3.05, 3.63) is 0 Å². The predicted molar refractivity (Wildman–Crippen MR) is 59.0 cm³/mol. The highest BCUT2D eigenvalue weighted by atomic mass is 32.2. The van der Waals surface area contributed by atoms with Crippen LogP contribution in [0.1, 0.15) is 39.0 Å². The van der Waals surface area contributed by atoms with E-state index in [0.717, 1.165) is 11.0 Å². The van der Waals surface area contributed by atoms with E-state index in [0.29, 0.717) is 6.54 Å². The van der Waals surface area contributed by atoms with Crippen molar-refractivity contribution < 1.29 is 5.11 Å². The van der Waals surface area contributed by atoms with Gasteiger partial charge in [-0.1, -0.05) is 19.3 Å². The van der Waals surface area contributed by atoms with Crippen LogP contribution in [0.3, 0.4) is 0 Å². The van der Waals surface area contributed by atoms with Gasteiger partial charge in [0.25, 0.3) is 0 Å². The van der Waals surface area contributed by atoms with Crippen molar-refractivity contribution in [1.82, 2.24) is 0 Å². The van der Waals surface area contributed by atoms with Crippen LogP contribution in [-0.4, -0.2) is 28.3 Å². The van der Waals surface area contributed by atoms with Crippen LogP contribution in [-0.2, 0) is 0 Å². The van der Waals surface area contributed by atoms with E-state index in [1.807, 2.05) is 18.7 Å². The first-order valence-corrected chi connectivity index (χ1v) is 6.23. The first kappa shape index (κ1) is 11.3. The van der Waals surface area contributed by atoms with Crippen LogP contribution in [0.5, 0.6) is 0 Å². The lowest BCUT2D eigenvalue weighted by atomic mass is 10.0. The number of thioether (sulfide) groups is 1. The molecule has 0 spiro atoms. The highest BCUT2D eigenvalue weighted by Crippen LogP contribution is 2.29. The number of rotatable bonds is 4. The van der Waals surface area contributed by atoms with Crippen molar-refractivity contribution in [3.63, 3.8) is 0 Å². The Morgan fingerprint density at radius 2 is 2.00 bits per heavy atom. The van der Waals surface area contributed by atoms with Crippen LogP contribution in [0.2, 0.25) is 0 Å². The molecule has 0 amide bonds. The van der Waals surface area contributed by atoms with E-state index < -0.39 is 5.60 Å². The van der Waals surface area contributed by atoms with Gasteiger partial charge in [0.15, 0.2) is 0 Å². The molecule has 1 fully saturated rings. The molecule has 78 valence electrons. The molecular formula is C10H21NOS. The van der Waals surface area contributed by atoms with E-state index in [9.17, 15) is 5.11 Å². The summed E-state index contributed by atoms with van der Waals surface area (Å²) >= 11 is 1.90. The molecule has 0 saturated heterocycles. The van der Waals surface area contributed by atoms with Gasteiger partial charge in [0, 0.05) is 17.5 Å². The Labute approximate surface area is 85.3 Å². The summed E-state index contributed by atoms with van der Waals surface area (Å²) in [6.45, 7) is 2.19. The summed E-state index contributed by atoms with van der Waals surface area (Å²) in [5.41, 5.74) is 4.79. The molecule has 13 heavy (non-hydrogen) atoms. The van der Waals surface area contributed by atoms with Crippen LogP contribution in [0, 0.1) is 0 Å². The first-order chi connectivity index (χ1) is 6.14. The number of nitrogens with two attached hydrogens (primary N) is 1. The molecule has 1 unspecified atom stereocenters. The fourth-order valence-electron chi connectivity index (χ4n) is 1.59. The van der Waals surface area contributed by atoms with Crippen molar-refractivity contribution in [2.24, 2.45) is 5.73 Å². The minimum Gasteiger partial charge on any atom is -0.388 e. The molecule has 0 bridgehead atoms. The second-order valence-electron chi connectivity index (χ2n) is 4.27. The van der Waals surface area contributed by atoms with Crippen molar-refractivity contribution in [2.75, 3.05) is 12.3 Å². The fourth-order valence-corrected chi connectivity index (χ4v) is 2.97. The molecule has 3 heteroatoms. The third kappa shape index (κ3) is 4.34. The molecule has 0 aromatic heterocycles. The Kier molecular flexibility index (Phi) is 4.56. The van der Waals surface area contributed by atoms with Crippen LogP contribution < -0.4 is 5.73 Å². The summed E-state index contributed by atoms with van der Waals surface area (Å²) in [6, 6.07) is 0. The Bertz CT molecular complexity index is 144. The predicted octanol–water partition coefficient (Wildman–Crippen LogP) is 1.76. The Balaban J connectivity index is 2.17. The van der Waals surface area contributed by atoms with Gasteiger partial charge in [0.2, 0.25) is 0 Å².